The molecule has 82 valence electrons. The summed E-state index contributed by atoms with van der Waals surface area (Å²) < 4.78 is 0.596. The molecule has 0 amide bonds. The first-order valence-electron chi connectivity index (χ1n) is 5.00. The quantitative estimate of drug-likeness (QED) is 0.749. The number of halogens is 1. The SMILES string of the molecule is Cc1cc(C(=O)Cc2ccccc2)c(Cl)s1. The van der Waals surface area contributed by atoms with Gasteiger partial charge in [0.25, 0.3) is 0 Å². The van der Waals surface area contributed by atoms with E-state index in [1.807, 2.05) is 43.3 Å². The van der Waals surface area contributed by atoms with Crippen molar-refractivity contribution in [2.24, 2.45) is 0 Å². The van der Waals surface area contributed by atoms with Crippen molar-refractivity contribution >= 4 is 28.7 Å². The maximum absolute atomic E-state index is 12.0. The van der Waals surface area contributed by atoms with E-state index < -0.39 is 0 Å². The minimum absolute atomic E-state index is 0.0838. The van der Waals surface area contributed by atoms with Gasteiger partial charge in [-0.3, -0.25) is 4.79 Å². The van der Waals surface area contributed by atoms with Crippen LogP contribution in [-0.2, 0) is 6.42 Å². The summed E-state index contributed by atoms with van der Waals surface area (Å²) >= 11 is 7.46. The number of carbonyl (C=O) groups excluding carboxylic acids is 1. The number of rotatable bonds is 3. The lowest BCUT2D eigenvalue weighted by molar-refractivity contribution is 0.0993. The first-order valence-corrected chi connectivity index (χ1v) is 6.19. The number of carbonyl (C=O) groups is 1. The van der Waals surface area contributed by atoms with Crippen molar-refractivity contribution in [3.8, 4) is 0 Å². The van der Waals surface area contributed by atoms with Crippen molar-refractivity contribution in [2.45, 2.75) is 13.3 Å². The molecule has 0 aliphatic heterocycles. The standard InChI is InChI=1S/C13H11ClOS/c1-9-7-11(13(14)16-9)12(15)8-10-5-3-2-4-6-10/h2-7H,8H2,1H3. The number of ketones is 1. The highest BCUT2D eigenvalue weighted by Gasteiger charge is 2.13. The molecule has 0 aliphatic carbocycles. The van der Waals surface area contributed by atoms with Crippen LogP contribution in [0.3, 0.4) is 0 Å². The molecule has 0 unspecified atom stereocenters. The van der Waals surface area contributed by atoms with Crippen LogP contribution in [0.5, 0.6) is 0 Å². The topological polar surface area (TPSA) is 17.1 Å². The van der Waals surface area contributed by atoms with Crippen LogP contribution in [0.15, 0.2) is 36.4 Å². The highest BCUT2D eigenvalue weighted by atomic mass is 35.5. The van der Waals surface area contributed by atoms with Crippen molar-refractivity contribution in [2.75, 3.05) is 0 Å². The molecule has 16 heavy (non-hydrogen) atoms. The van der Waals surface area contributed by atoms with Gasteiger partial charge in [-0.05, 0) is 18.6 Å². The molecule has 0 saturated carbocycles. The third-order valence-corrected chi connectivity index (χ3v) is 3.59. The van der Waals surface area contributed by atoms with Gasteiger partial charge in [-0.2, -0.15) is 0 Å². The van der Waals surface area contributed by atoms with E-state index in [2.05, 4.69) is 0 Å². The van der Waals surface area contributed by atoms with Crippen molar-refractivity contribution in [1.29, 1.82) is 0 Å². The van der Waals surface area contributed by atoms with Crippen molar-refractivity contribution < 1.29 is 4.79 Å². The van der Waals surface area contributed by atoms with Crippen LogP contribution in [0.25, 0.3) is 0 Å². The maximum atomic E-state index is 12.0. The average Bonchev–Trinajstić information content (AvgIpc) is 2.59. The Morgan fingerprint density at radius 2 is 2.00 bits per heavy atom. The van der Waals surface area contributed by atoms with E-state index in [0.717, 1.165) is 10.4 Å². The van der Waals surface area contributed by atoms with Gasteiger partial charge in [-0.15, -0.1) is 11.3 Å². The number of benzene rings is 1. The molecule has 0 saturated heterocycles. The molecule has 0 bridgehead atoms. The van der Waals surface area contributed by atoms with Crippen LogP contribution in [0.1, 0.15) is 20.8 Å². The number of hydrogen-bond acceptors (Lipinski definition) is 2. The Morgan fingerprint density at radius 1 is 1.31 bits per heavy atom. The van der Waals surface area contributed by atoms with Gasteiger partial charge in [0, 0.05) is 16.9 Å². The van der Waals surface area contributed by atoms with Crippen molar-refractivity contribution in [1.82, 2.24) is 0 Å². The van der Waals surface area contributed by atoms with E-state index in [1.54, 1.807) is 0 Å². The lowest BCUT2D eigenvalue weighted by atomic mass is 10.1. The van der Waals surface area contributed by atoms with E-state index in [1.165, 1.54) is 11.3 Å². The molecule has 1 heterocycles. The van der Waals surface area contributed by atoms with Crippen molar-refractivity contribution in [3.63, 3.8) is 0 Å². The van der Waals surface area contributed by atoms with Gasteiger partial charge in [0.1, 0.15) is 4.34 Å². The molecule has 0 N–H and O–H groups in total. The zero-order valence-corrected chi connectivity index (χ0v) is 10.4. The Labute approximate surface area is 104 Å². The van der Waals surface area contributed by atoms with E-state index in [-0.39, 0.29) is 5.78 Å². The zero-order chi connectivity index (χ0) is 11.5. The zero-order valence-electron chi connectivity index (χ0n) is 8.87. The second-order valence-corrected chi connectivity index (χ2v) is 5.49. The molecular formula is C13H11ClOS. The molecule has 2 aromatic rings. The Bertz CT molecular complexity index is 502. The third kappa shape index (κ3) is 2.52. The summed E-state index contributed by atoms with van der Waals surface area (Å²) in [4.78, 5) is 13.0. The Balaban J connectivity index is 2.18. The van der Waals surface area contributed by atoms with E-state index in [9.17, 15) is 4.79 Å². The molecule has 2 rings (SSSR count). The highest BCUT2D eigenvalue weighted by molar-refractivity contribution is 7.16. The van der Waals surface area contributed by atoms with Crippen LogP contribution >= 0.6 is 22.9 Å². The van der Waals surface area contributed by atoms with Gasteiger partial charge in [-0.1, -0.05) is 41.9 Å². The summed E-state index contributed by atoms with van der Waals surface area (Å²) in [5.74, 6) is 0.0838. The predicted octanol–water partition coefficient (Wildman–Crippen LogP) is 4.14. The third-order valence-electron chi connectivity index (χ3n) is 2.32. The van der Waals surface area contributed by atoms with Crippen molar-refractivity contribution in [3.05, 3.63) is 56.7 Å². The highest BCUT2D eigenvalue weighted by Crippen LogP contribution is 2.28. The molecule has 1 aromatic heterocycles. The molecule has 0 radical (unpaired) electrons. The van der Waals surface area contributed by atoms with Gasteiger partial charge in [-0.25, -0.2) is 0 Å². The number of Topliss-reactive ketones (excluding diaryl/α,β-unsaturated/α-hetero) is 1. The van der Waals surface area contributed by atoms with Gasteiger partial charge < -0.3 is 0 Å². The van der Waals surface area contributed by atoms with Gasteiger partial charge in [0.05, 0.1) is 0 Å². The van der Waals surface area contributed by atoms with Crippen LogP contribution in [0, 0.1) is 6.92 Å². The number of hydrogen-bond donors (Lipinski definition) is 0. The molecule has 0 atom stereocenters. The fourth-order valence-corrected chi connectivity index (χ4v) is 2.82. The second-order valence-electron chi connectivity index (χ2n) is 3.63. The minimum Gasteiger partial charge on any atom is -0.294 e. The fourth-order valence-electron chi connectivity index (χ4n) is 1.55. The predicted molar refractivity (Wildman–Crippen MR) is 68.5 cm³/mol. The summed E-state index contributed by atoms with van der Waals surface area (Å²) in [5.41, 5.74) is 1.67. The molecule has 3 heteroatoms. The fraction of sp³-hybridized carbons (Fsp3) is 0.154. The number of aryl methyl sites for hydroxylation is 1. The molecule has 0 aliphatic rings. The van der Waals surface area contributed by atoms with E-state index in [0.29, 0.717) is 16.3 Å². The van der Waals surface area contributed by atoms with E-state index >= 15 is 0 Å². The lowest BCUT2D eigenvalue weighted by Gasteiger charge is -1.99. The molecule has 1 aromatic carbocycles. The smallest absolute Gasteiger partial charge is 0.169 e. The Kier molecular flexibility index (Phi) is 3.42. The average molecular weight is 251 g/mol. The molecular weight excluding hydrogens is 240 g/mol. The summed E-state index contributed by atoms with van der Waals surface area (Å²) in [6, 6.07) is 11.6. The summed E-state index contributed by atoms with van der Waals surface area (Å²) in [6.45, 7) is 1.95. The summed E-state index contributed by atoms with van der Waals surface area (Å²) in [5, 5.41) is 0. The normalized spacial score (nSPS) is 10.4. The molecule has 0 fully saturated rings. The molecule has 0 spiro atoms. The number of thiophene rings is 1. The largest absolute Gasteiger partial charge is 0.294 e. The van der Waals surface area contributed by atoms with E-state index in [4.69, 9.17) is 11.6 Å². The van der Waals surface area contributed by atoms with Crippen LogP contribution in [0.2, 0.25) is 4.34 Å². The van der Waals surface area contributed by atoms with Crippen LogP contribution in [0.4, 0.5) is 0 Å². The first kappa shape index (κ1) is 11.4. The maximum Gasteiger partial charge on any atom is 0.169 e. The molecule has 1 nitrogen and oxygen atoms in total. The van der Waals surface area contributed by atoms with Gasteiger partial charge >= 0.3 is 0 Å². The minimum atomic E-state index is 0.0838. The second kappa shape index (κ2) is 4.81. The van der Waals surface area contributed by atoms with Gasteiger partial charge in [0.2, 0.25) is 0 Å². The van der Waals surface area contributed by atoms with Gasteiger partial charge in [0.15, 0.2) is 5.78 Å². The van der Waals surface area contributed by atoms with Crippen LogP contribution < -0.4 is 0 Å². The summed E-state index contributed by atoms with van der Waals surface area (Å²) in [6.07, 6.45) is 0.413. The summed E-state index contributed by atoms with van der Waals surface area (Å²) in [7, 11) is 0. The Morgan fingerprint density at radius 3 is 2.56 bits per heavy atom. The lowest BCUT2D eigenvalue weighted by Crippen LogP contribution is -2.02. The monoisotopic (exact) mass is 250 g/mol. The van der Waals surface area contributed by atoms with Crippen LogP contribution in [-0.4, -0.2) is 5.78 Å². The first-order chi connectivity index (χ1) is 7.66. The Hall–Kier alpha value is -1.12.